The lowest BCUT2D eigenvalue weighted by molar-refractivity contribution is -0.219. The number of morpholine rings is 1. The number of alkyl halides is 1. The van der Waals surface area contributed by atoms with E-state index in [2.05, 4.69) is 25.4 Å². The molecule has 3 saturated carbocycles. The Bertz CT molecular complexity index is 1240. The van der Waals surface area contributed by atoms with Gasteiger partial charge in [0.1, 0.15) is 11.8 Å². The van der Waals surface area contributed by atoms with Crippen molar-refractivity contribution in [3.63, 3.8) is 0 Å². The van der Waals surface area contributed by atoms with E-state index in [-0.39, 0.29) is 47.9 Å². The molecule has 5 fully saturated rings. The van der Waals surface area contributed by atoms with Gasteiger partial charge in [0.05, 0.1) is 42.2 Å². The van der Waals surface area contributed by atoms with Crippen molar-refractivity contribution in [2.45, 2.75) is 127 Å². The fourth-order valence-electron chi connectivity index (χ4n) is 9.20. The number of fused-ring (bicyclic) bond motifs is 3. The summed E-state index contributed by atoms with van der Waals surface area (Å²) in [6, 6.07) is -0.952. The lowest BCUT2D eigenvalue weighted by Crippen LogP contribution is -2.73. The fraction of sp³-hybridized carbons (Fsp3) is 0.829. The second-order valence-corrected chi connectivity index (χ2v) is 15.9. The molecule has 2 amide bonds. The maximum absolute atomic E-state index is 16.5. The van der Waals surface area contributed by atoms with E-state index in [1.54, 1.807) is 6.34 Å². The molecule has 3 aliphatic heterocycles. The summed E-state index contributed by atoms with van der Waals surface area (Å²) in [5, 5.41) is 5.91. The molecule has 3 aliphatic carbocycles. The van der Waals surface area contributed by atoms with Gasteiger partial charge in [-0.2, -0.15) is 0 Å². The monoisotopic (exact) mass is 658 g/mol. The molecule has 0 aromatic carbocycles. The Kier molecular flexibility index (Phi) is 10.2. The SMILES string of the molecule is CN(C)C=NCCCNC(=O)C1=CN2C3CC4CCCCC4CC3OC3C(N4CC[C@@H](NC(=O)OC(C)(C)C)C4)C(F)CC(C1=O)C32. The summed E-state index contributed by atoms with van der Waals surface area (Å²) in [6.45, 7) is 7.59. The Morgan fingerprint density at radius 1 is 1.13 bits per heavy atom. The zero-order valence-electron chi connectivity index (χ0n) is 28.8. The maximum atomic E-state index is 16.5. The molecular weight excluding hydrogens is 603 g/mol. The van der Waals surface area contributed by atoms with Gasteiger partial charge in [0.2, 0.25) is 0 Å². The summed E-state index contributed by atoms with van der Waals surface area (Å²) < 4.78 is 29.0. The van der Waals surface area contributed by atoms with Crippen LogP contribution in [-0.2, 0) is 19.1 Å². The van der Waals surface area contributed by atoms with Crippen molar-refractivity contribution in [3.05, 3.63) is 11.8 Å². The molecule has 0 aromatic rings. The third-order valence-corrected chi connectivity index (χ3v) is 11.1. The van der Waals surface area contributed by atoms with Crippen LogP contribution in [0.4, 0.5) is 9.18 Å². The number of Topliss-reactive ketones (excluding diaryl/α,β-unsaturated/α-hetero) is 1. The van der Waals surface area contributed by atoms with E-state index in [4.69, 9.17) is 9.47 Å². The molecule has 0 spiro atoms. The van der Waals surface area contributed by atoms with Crippen molar-refractivity contribution in [3.8, 4) is 0 Å². The Hall–Kier alpha value is -2.73. The lowest BCUT2D eigenvalue weighted by Gasteiger charge is -2.61. The lowest BCUT2D eigenvalue weighted by atomic mass is 9.64. The average molecular weight is 659 g/mol. The summed E-state index contributed by atoms with van der Waals surface area (Å²) in [5.74, 6) is -0.0989. The molecule has 2 saturated heterocycles. The molecule has 0 aromatic heterocycles. The second-order valence-electron chi connectivity index (χ2n) is 15.9. The van der Waals surface area contributed by atoms with Gasteiger partial charge < -0.3 is 29.9 Å². The third-order valence-electron chi connectivity index (χ3n) is 11.1. The van der Waals surface area contributed by atoms with Crippen LogP contribution in [0.25, 0.3) is 0 Å². The van der Waals surface area contributed by atoms with Crippen LogP contribution >= 0.6 is 0 Å². The van der Waals surface area contributed by atoms with Gasteiger partial charge in [0.15, 0.2) is 5.78 Å². The Morgan fingerprint density at radius 3 is 2.60 bits per heavy atom. The molecule has 2 N–H and O–H groups in total. The van der Waals surface area contributed by atoms with Crippen LogP contribution < -0.4 is 10.6 Å². The number of alkyl carbamates (subject to hydrolysis) is 1. The summed E-state index contributed by atoms with van der Waals surface area (Å²) in [7, 11) is 3.81. The molecule has 0 radical (unpaired) electrons. The molecule has 6 aliphatic rings. The van der Waals surface area contributed by atoms with Gasteiger partial charge in [-0.05, 0) is 64.7 Å². The number of ether oxygens (including phenoxy) is 2. The van der Waals surface area contributed by atoms with Crippen LogP contribution in [0, 0.1) is 17.8 Å². The van der Waals surface area contributed by atoms with Gasteiger partial charge in [-0.1, -0.05) is 25.7 Å². The van der Waals surface area contributed by atoms with Crippen molar-refractivity contribution in [1.82, 2.24) is 25.3 Å². The Morgan fingerprint density at radius 2 is 1.87 bits per heavy atom. The zero-order chi connectivity index (χ0) is 33.5. The number of likely N-dealkylation sites (tertiary alicyclic amines) is 1. The molecule has 6 rings (SSSR count). The first kappa shape index (κ1) is 34.1. The van der Waals surface area contributed by atoms with Gasteiger partial charge in [0, 0.05) is 58.4 Å². The highest BCUT2D eigenvalue weighted by molar-refractivity contribution is 6.20. The predicted molar refractivity (Wildman–Crippen MR) is 177 cm³/mol. The first-order valence-corrected chi connectivity index (χ1v) is 17.9. The van der Waals surface area contributed by atoms with E-state index in [0.29, 0.717) is 50.9 Å². The molecule has 47 heavy (non-hydrogen) atoms. The van der Waals surface area contributed by atoms with Crippen molar-refractivity contribution >= 4 is 24.1 Å². The Balaban J connectivity index is 1.22. The van der Waals surface area contributed by atoms with Gasteiger partial charge in [-0.25, -0.2) is 9.18 Å². The van der Waals surface area contributed by atoms with Crippen molar-refractivity contribution in [2.24, 2.45) is 22.7 Å². The van der Waals surface area contributed by atoms with Crippen LogP contribution in [0.5, 0.6) is 0 Å². The molecule has 10 atom stereocenters. The summed E-state index contributed by atoms with van der Waals surface area (Å²) in [5.41, 5.74) is -0.461. The van der Waals surface area contributed by atoms with E-state index in [0.717, 1.165) is 12.8 Å². The molecule has 0 bridgehead atoms. The number of nitrogens with one attached hydrogen (secondary N) is 2. The van der Waals surface area contributed by atoms with Crippen LogP contribution in [-0.4, -0.2) is 127 Å². The smallest absolute Gasteiger partial charge is 0.407 e. The van der Waals surface area contributed by atoms with Crippen molar-refractivity contribution in [1.29, 1.82) is 0 Å². The molecule has 3 heterocycles. The summed E-state index contributed by atoms with van der Waals surface area (Å²) >= 11 is 0. The van der Waals surface area contributed by atoms with Crippen molar-refractivity contribution in [2.75, 3.05) is 40.3 Å². The Labute approximate surface area is 279 Å². The summed E-state index contributed by atoms with van der Waals surface area (Å²) in [6.07, 6.45) is 9.40. The van der Waals surface area contributed by atoms with E-state index >= 15 is 4.39 Å². The van der Waals surface area contributed by atoms with Gasteiger partial charge in [0.25, 0.3) is 5.91 Å². The topological polar surface area (TPSA) is 116 Å². The summed E-state index contributed by atoms with van der Waals surface area (Å²) in [4.78, 5) is 50.6. The zero-order valence-corrected chi connectivity index (χ0v) is 28.8. The number of ketones is 1. The van der Waals surface area contributed by atoms with Gasteiger partial charge >= 0.3 is 6.09 Å². The third kappa shape index (κ3) is 7.48. The molecular formula is C35H55FN6O5. The highest BCUT2D eigenvalue weighted by Gasteiger charge is 2.61. The molecule has 11 nitrogen and oxygen atoms in total. The maximum Gasteiger partial charge on any atom is 0.407 e. The fourth-order valence-corrected chi connectivity index (χ4v) is 9.20. The van der Waals surface area contributed by atoms with E-state index in [9.17, 15) is 14.4 Å². The number of carbonyl (C=O) groups excluding carboxylic acids is 3. The van der Waals surface area contributed by atoms with E-state index in [1.807, 2.05) is 46.0 Å². The predicted octanol–water partition coefficient (Wildman–Crippen LogP) is 3.28. The van der Waals surface area contributed by atoms with Crippen molar-refractivity contribution < 1.29 is 28.2 Å². The van der Waals surface area contributed by atoms with Crippen LogP contribution in [0.15, 0.2) is 16.8 Å². The first-order chi connectivity index (χ1) is 22.4. The number of hydrogen-bond acceptors (Lipinski definition) is 8. The highest BCUT2D eigenvalue weighted by Crippen LogP contribution is 2.51. The first-order valence-electron chi connectivity index (χ1n) is 17.9. The number of hydrogen-bond donors (Lipinski definition) is 2. The van der Waals surface area contributed by atoms with E-state index in [1.165, 1.54) is 25.7 Å². The van der Waals surface area contributed by atoms with Crippen LogP contribution in [0.3, 0.4) is 0 Å². The second kappa shape index (κ2) is 14.0. The standard InChI is InChI=1S/C35H55FN6O5/c1-35(2,3)47-34(45)39-23-11-14-41(18-23)30-26(36)17-24-29-32(30)46-28-16-22-10-7-6-9-21(22)15-27(28)42(29)19-25(31(24)43)33(44)38-13-8-12-37-20-40(4)5/h19-24,26-30,32H,6-18H2,1-5H3,(H,38,44)(H,39,45)/t21?,22?,23-,24?,26?,27?,28?,29?,30?,32?/m1/s1. The number of aliphatic imine (C=N–C) groups is 1. The van der Waals surface area contributed by atoms with Gasteiger partial charge in [-0.15, -0.1) is 0 Å². The molecule has 262 valence electrons. The number of nitrogens with zero attached hydrogens (tertiary/aromatic N) is 4. The minimum absolute atomic E-state index is 0.0541. The molecule has 9 unspecified atom stereocenters. The number of halogens is 1. The van der Waals surface area contributed by atoms with Crippen LogP contribution in [0.2, 0.25) is 0 Å². The minimum atomic E-state index is -1.30. The number of rotatable bonds is 8. The molecule has 12 heteroatoms. The van der Waals surface area contributed by atoms with Crippen LogP contribution in [0.1, 0.15) is 78.6 Å². The van der Waals surface area contributed by atoms with Gasteiger partial charge in [-0.3, -0.25) is 19.5 Å². The normalized spacial score (nSPS) is 37.0. The van der Waals surface area contributed by atoms with E-state index < -0.39 is 35.9 Å². The minimum Gasteiger partial charge on any atom is -0.444 e. The average Bonchev–Trinajstić information content (AvgIpc) is 3.45. The number of amides is 2. The quantitative estimate of drug-likeness (QED) is 0.177. The highest BCUT2D eigenvalue weighted by atomic mass is 19.1. The number of carbonyl (C=O) groups is 3. The largest absolute Gasteiger partial charge is 0.444 e.